The molecule has 3 rings (SSSR count). The molecule has 0 spiro atoms. The lowest BCUT2D eigenvalue weighted by Gasteiger charge is -2.24. The number of amides is 2. The Labute approximate surface area is 207 Å². The summed E-state index contributed by atoms with van der Waals surface area (Å²) in [6.07, 6.45) is 2.14. The smallest absolute Gasteiger partial charge is 0.333 e. The van der Waals surface area contributed by atoms with Crippen LogP contribution in [0.4, 0.5) is 10.5 Å². The summed E-state index contributed by atoms with van der Waals surface area (Å²) in [6, 6.07) is 24.9. The number of hydrogen-bond donors (Lipinski definition) is 2. The lowest BCUT2D eigenvalue weighted by Crippen LogP contribution is -2.38. The van der Waals surface area contributed by atoms with Crippen molar-refractivity contribution in [2.45, 2.75) is 45.3 Å². The number of nitrogens with one attached hydrogen (secondary N) is 1. The fourth-order valence-electron chi connectivity index (χ4n) is 3.85. The fourth-order valence-corrected chi connectivity index (χ4v) is 3.85. The maximum absolute atomic E-state index is 12.9. The fraction of sp³-hybridized carbons (Fsp3) is 0.310. The number of carboxylic acids is 1. The number of anilines is 1. The molecule has 0 aliphatic heterocycles. The molecule has 3 aromatic carbocycles. The summed E-state index contributed by atoms with van der Waals surface area (Å²) in [4.78, 5) is 26.5. The highest BCUT2D eigenvalue weighted by Gasteiger charge is 2.23. The number of aliphatic carboxylic acids is 1. The first-order valence-corrected chi connectivity index (χ1v) is 12.1. The number of urea groups is 1. The van der Waals surface area contributed by atoms with Gasteiger partial charge in [-0.05, 0) is 34.7 Å². The summed E-state index contributed by atoms with van der Waals surface area (Å²) in [5, 5.41) is 12.8. The number of carboxylic acid groups (broad SMARTS) is 1. The Bertz CT molecular complexity index is 1090. The molecule has 3 aromatic rings. The Morgan fingerprint density at radius 1 is 0.943 bits per heavy atom. The monoisotopic (exact) mass is 474 g/mol. The van der Waals surface area contributed by atoms with Crippen molar-refractivity contribution in [2.75, 3.05) is 18.5 Å². The van der Waals surface area contributed by atoms with Crippen LogP contribution in [0.1, 0.15) is 37.3 Å². The lowest BCUT2D eigenvalue weighted by molar-refractivity contribution is -0.151. The van der Waals surface area contributed by atoms with Crippen LogP contribution in [0.5, 0.6) is 0 Å². The van der Waals surface area contributed by atoms with Crippen LogP contribution in [0.25, 0.3) is 11.1 Å². The summed E-state index contributed by atoms with van der Waals surface area (Å²) >= 11 is 0. The van der Waals surface area contributed by atoms with Crippen LogP contribution in [0.15, 0.2) is 78.9 Å². The molecule has 0 unspecified atom stereocenters. The molecule has 0 aromatic heterocycles. The molecule has 6 heteroatoms. The standard InChI is InChI=1S/C29H34N2O4/c1-3-4-11-18-30-29(34)31(2)26-19-24(23-14-9-6-10-15-23)16-17-25(26)20-27(28(32)33)35-21-22-12-7-5-8-13-22/h5-10,12-17,19,27H,3-4,11,18,20-21H2,1-2H3,(H,30,34)(H,32,33)/t27-/m0/s1. The van der Waals surface area contributed by atoms with Crippen molar-refractivity contribution >= 4 is 17.7 Å². The molecule has 184 valence electrons. The molecule has 0 saturated heterocycles. The number of nitrogens with zero attached hydrogens (tertiary/aromatic N) is 1. The van der Waals surface area contributed by atoms with Crippen molar-refractivity contribution in [3.05, 3.63) is 90.0 Å². The highest BCUT2D eigenvalue weighted by Crippen LogP contribution is 2.29. The highest BCUT2D eigenvalue weighted by atomic mass is 16.5. The van der Waals surface area contributed by atoms with Gasteiger partial charge in [-0.25, -0.2) is 9.59 Å². The van der Waals surface area contributed by atoms with Gasteiger partial charge in [-0.15, -0.1) is 0 Å². The number of rotatable bonds is 12. The molecule has 0 fully saturated rings. The Hall–Kier alpha value is -3.64. The maximum Gasteiger partial charge on any atom is 0.333 e. The SMILES string of the molecule is CCCCCNC(=O)N(C)c1cc(-c2ccccc2)ccc1C[C@H](OCc1ccccc1)C(=O)O. The summed E-state index contributed by atoms with van der Waals surface area (Å²) in [7, 11) is 1.71. The van der Waals surface area contributed by atoms with Crippen molar-refractivity contribution in [2.24, 2.45) is 0 Å². The van der Waals surface area contributed by atoms with Crippen LogP contribution < -0.4 is 10.2 Å². The second-order valence-electron chi connectivity index (χ2n) is 8.54. The first kappa shape index (κ1) is 26.0. The van der Waals surface area contributed by atoms with Crippen molar-refractivity contribution in [1.82, 2.24) is 5.32 Å². The van der Waals surface area contributed by atoms with Gasteiger partial charge in [0.1, 0.15) is 0 Å². The van der Waals surface area contributed by atoms with E-state index in [4.69, 9.17) is 4.74 Å². The number of benzene rings is 3. The van der Waals surface area contributed by atoms with Gasteiger partial charge in [0.2, 0.25) is 0 Å². The number of hydrogen-bond acceptors (Lipinski definition) is 3. The minimum Gasteiger partial charge on any atom is -0.479 e. The summed E-state index contributed by atoms with van der Waals surface area (Å²) < 4.78 is 5.78. The largest absolute Gasteiger partial charge is 0.479 e. The zero-order chi connectivity index (χ0) is 25.0. The van der Waals surface area contributed by atoms with Crippen LogP contribution in [0, 0.1) is 0 Å². The van der Waals surface area contributed by atoms with Gasteiger partial charge in [-0.1, -0.05) is 92.6 Å². The van der Waals surface area contributed by atoms with Crippen molar-refractivity contribution < 1.29 is 19.4 Å². The molecule has 1 atom stereocenters. The molecule has 0 bridgehead atoms. The Morgan fingerprint density at radius 3 is 2.29 bits per heavy atom. The van der Waals surface area contributed by atoms with Gasteiger partial charge in [0.25, 0.3) is 0 Å². The molecule has 0 saturated carbocycles. The minimum atomic E-state index is -1.04. The summed E-state index contributed by atoms with van der Waals surface area (Å²) in [6.45, 7) is 2.92. The molecule has 35 heavy (non-hydrogen) atoms. The molecule has 2 amide bonds. The topological polar surface area (TPSA) is 78.9 Å². The Balaban J connectivity index is 1.85. The normalized spacial score (nSPS) is 11.6. The minimum absolute atomic E-state index is 0.139. The van der Waals surface area contributed by atoms with E-state index in [0.717, 1.165) is 41.5 Å². The zero-order valence-corrected chi connectivity index (χ0v) is 20.4. The van der Waals surface area contributed by atoms with Gasteiger partial charge in [0.05, 0.1) is 6.61 Å². The molecule has 0 heterocycles. The molecule has 2 N–H and O–H groups in total. The average Bonchev–Trinajstić information content (AvgIpc) is 2.89. The van der Waals surface area contributed by atoms with E-state index < -0.39 is 12.1 Å². The first-order valence-electron chi connectivity index (χ1n) is 12.1. The average molecular weight is 475 g/mol. The number of unbranched alkanes of at least 4 members (excludes halogenated alkanes) is 2. The summed E-state index contributed by atoms with van der Waals surface area (Å²) in [5.41, 5.74) is 4.27. The van der Waals surface area contributed by atoms with E-state index in [9.17, 15) is 14.7 Å². The van der Waals surface area contributed by atoms with Gasteiger partial charge in [-0.2, -0.15) is 0 Å². The predicted octanol–water partition coefficient (Wildman–Crippen LogP) is 5.90. The molecule has 0 aliphatic carbocycles. The van der Waals surface area contributed by atoms with Crippen molar-refractivity contribution in [3.63, 3.8) is 0 Å². The molecular formula is C29H34N2O4. The van der Waals surface area contributed by atoms with Crippen molar-refractivity contribution in [3.8, 4) is 11.1 Å². The Kier molecular flexibility index (Phi) is 9.87. The molecule has 0 aliphatic rings. The first-order chi connectivity index (χ1) is 17.0. The van der Waals surface area contributed by atoms with Crippen LogP contribution in [0.3, 0.4) is 0 Å². The second-order valence-corrected chi connectivity index (χ2v) is 8.54. The van der Waals surface area contributed by atoms with Gasteiger partial charge < -0.3 is 15.2 Å². The third kappa shape index (κ3) is 7.69. The maximum atomic E-state index is 12.9. The van der Waals surface area contributed by atoms with Crippen LogP contribution >= 0.6 is 0 Å². The third-order valence-electron chi connectivity index (χ3n) is 5.89. The number of ether oxygens (including phenoxy) is 1. The predicted molar refractivity (Wildman–Crippen MR) is 140 cm³/mol. The van der Waals surface area contributed by atoms with Gasteiger partial charge in [-0.3, -0.25) is 4.90 Å². The van der Waals surface area contributed by atoms with E-state index in [2.05, 4.69) is 12.2 Å². The molecule has 0 radical (unpaired) electrons. The van der Waals surface area contributed by atoms with Gasteiger partial charge in [0.15, 0.2) is 6.10 Å². The molecular weight excluding hydrogens is 440 g/mol. The van der Waals surface area contributed by atoms with Crippen LogP contribution in [-0.2, 0) is 22.6 Å². The van der Waals surface area contributed by atoms with Crippen molar-refractivity contribution in [1.29, 1.82) is 0 Å². The van der Waals surface area contributed by atoms with Gasteiger partial charge >= 0.3 is 12.0 Å². The summed E-state index contributed by atoms with van der Waals surface area (Å²) in [5.74, 6) is -1.04. The highest BCUT2D eigenvalue weighted by molar-refractivity contribution is 5.93. The second kappa shape index (κ2) is 13.3. The van der Waals surface area contributed by atoms with Crippen LogP contribution in [0.2, 0.25) is 0 Å². The van der Waals surface area contributed by atoms with E-state index in [0.29, 0.717) is 12.2 Å². The number of carbonyl (C=O) groups is 2. The van der Waals surface area contributed by atoms with Crippen LogP contribution in [-0.4, -0.2) is 36.8 Å². The van der Waals surface area contributed by atoms with E-state index in [1.165, 1.54) is 0 Å². The van der Waals surface area contributed by atoms with E-state index in [-0.39, 0.29) is 19.1 Å². The lowest BCUT2D eigenvalue weighted by atomic mass is 9.98. The molecule has 6 nitrogen and oxygen atoms in total. The van der Waals surface area contributed by atoms with E-state index in [1.54, 1.807) is 11.9 Å². The zero-order valence-electron chi connectivity index (χ0n) is 20.4. The quantitative estimate of drug-likeness (QED) is 0.320. The Morgan fingerprint density at radius 2 is 1.63 bits per heavy atom. The van der Waals surface area contributed by atoms with E-state index >= 15 is 0 Å². The third-order valence-corrected chi connectivity index (χ3v) is 5.89. The van der Waals surface area contributed by atoms with E-state index in [1.807, 2.05) is 78.9 Å². The van der Waals surface area contributed by atoms with Gasteiger partial charge in [0, 0.05) is 25.7 Å². The number of carbonyl (C=O) groups excluding carboxylic acids is 1.